The highest BCUT2D eigenvalue weighted by Gasteiger charge is 2.31. The number of rotatable bonds is 3. The summed E-state index contributed by atoms with van der Waals surface area (Å²) in [5.74, 6) is 0.626. The molecule has 3 heteroatoms. The zero-order chi connectivity index (χ0) is 11.5. The Bertz CT molecular complexity index is 338. The normalized spacial score (nSPS) is 26.9. The van der Waals surface area contributed by atoms with E-state index in [1.165, 1.54) is 12.0 Å². The lowest BCUT2D eigenvalue weighted by molar-refractivity contribution is 0.0631. The number of nitrogens with one attached hydrogen (secondary N) is 1. The third kappa shape index (κ3) is 2.47. The van der Waals surface area contributed by atoms with Crippen LogP contribution in [0.3, 0.4) is 0 Å². The Kier molecular flexibility index (Phi) is 4.00. The van der Waals surface area contributed by atoms with Gasteiger partial charge in [0.2, 0.25) is 0 Å². The van der Waals surface area contributed by atoms with Gasteiger partial charge in [-0.3, -0.25) is 0 Å². The van der Waals surface area contributed by atoms with Crippen LogP contribution in [0.4, 0.5) is 0 Å². The zero-order valence-corrected chi connectivity index (χ0v) is 11.3. The Hall–Kier alpha value is -0.380. The summed E-state index contributed by atoms with van der Waals surface area (Å²) in [6, 6.07) is 8.77. The van der Waals surface area contributed by atoms with Gasteiger partial charge < -0.3 is 10.1 Å². The molecule has 16 heavy (non-hydrogen) atoms. The lowest BCUT2D eigenvalue weighted by Gasteiger charge is -2.26. The summed E-state index contributed by atoms with van der Waals surface area (Å²) in [5.41, 5.74) is 1.30. The minimum Gasteiger partial charge on any atom is -0.376 e. The van der Waals surface area contributed by atoms with Gasteiger partial charge in [0.25, 0.3) is 0 Å². The van der Waals surface area contributed by atoms with Crippen LogP contribution in [0.15, 0.2) is 28.7 Å². The molecule has 1 saturated heterocycles. The zero-order valence-electron chi connectivity index (χ0n) is 9.74. The van der Waals surface area contributed by atoms with Crippen molar-refractivity contribution in [1.82, 2.24) is 5.32 Å². The molecular weight excluding hydrogens is 266 g/mol. The first-order chi connectivity index (χ1) is 7.72. The average molecular weight is 284 g/mol. The van der Waals surface area contributed by atoms with Crippen molar-refractivity contribution in [3.8, 4) is 0 Å². The minimum atomic E-state index is 0.297. The van der Waals surface area contributed by atoms with Gasteiger partial charge in [-0.1, -0.05) is 35.0 Å². The quantitative estimate of drug-likeness (QED) is 0.920. The Balaban J connectivity index is 2.18. The second-order valence-electron chi connectivity index (χ2n) is 4.42. The van der Waals surface area contributed by atoms with Crippen LogP contribution in [0.5, 0.6) is 0 Å². The summed E-state index contributed by atoms with van der Waals surface area (Å²) < 4.78 is 6.95. The Morgan fingerprint density at radius 1 is 1.38 bits per heavy atom. The minimum absolute atomic E-state index is 0.297. The molecule has 3 unspecified atom stereocenters. The van der Waals surface area contributed by atoms with Gasteiger partial charge in [-0.2, -0.15) is 0 Å². The van der Waals surface area contributed by atoms with Crippen molar-refractivity contribution in [1.29, 1.82) is 0 Å². The van der Waals surface area contributed by atoms with Crippen LogP contribution in [0, 0.1) is 5.92 Å². The lowest BCUT2D eigenvalue weighted by Crippen LogP contribution is -2.32. The van der Waals surface area contributed by atoms with E-state index in [4.69, 9.17) is 4.74 Å². The molecule has 1 aliphatic rings. The van der Waals surface area contributed by atoms with Crippen molar-refractivity contribution in [2.24, 2.45) is 5.92 Å². The Morgan fingerprint density at radius 3 is 2.56 bits per heavy atom. The van der Waals surface area contributed by atoms with Crippen molar-refractivity contribution in [2.75, 3.05) is 13.7 Å². The predicted molar refractivity (Wildman–Crippen MR) is 69.5 cm³/mol. The summed E-state index contributed by atoms with van der Waals surface area (Å²) in [6.45, 7) is 3.15. The molecule has 0 radical (unpaired) electrons. The molecule has 3 atom stereocenters. The van der Waals surface area contributed by atoms with Crippen molar-refractivity contribution in [3.63, 3.8) is 0 Å². The average Bonchev–Trinajstić information content (AvgIpc) is 2.69. The van der Waals surface area contributed by atoms with Crippen molar-refractivity contribution < 1.29 is 4.74 Å². The summed E-state index contributed by atoms with van der Waals surface area (Å²) in [4.78, 5) is 0. The number of ether oxygens (including phenoxy) is 1. The molecule has 1 heterocycles. The molecule has 1 N–H and O–H groups in total. The molecule has 0 bridgehead atoms. The van der Waals surface area contributed by atoms with Crippen LogP contribution in [0.25, 0.3) is 0 Å². The number of halogens is 1. The number of benzene rings is 1. The first-order valence-electron chi connectivity index (χ1n) is 5.76. The van der Waals surface area contributed by atoms with Gasteiger partial charge in [0.05, 0.1) is 12.1 Å². The third-order valence-corrected chi connectivity index (χ3v) is 3.84. The lowest BCUT2D eigenvalue weighted by atomic mass is 9.93. The van der Waals surface area contributed by atoms with Crippen LogP contribution in [0.1, 0.15) is 24.9 Å². The van der Waals surface area contributed by atoms with Crippen LogP contribution in [-0.4, -0.2) is 19.8 Å². The van der Waals surface area contributed by atoms with Crippen LogP contribution in [-0.2, 0) is 4.74 Å². The SMILES string of the molecule is CNC(c1ccc(Br)cc1)C1OCCC1C. The van der Waals surface area contributed by atoms with E-state index in [-0.39, 0.29) is 0 Å². The molecule has 1 fully saturated rings. The van der Waals surface area contributed by atoms with E-state index in [1.807, 2.05) is 7.05 Å². The fraction of sp³-hybridized carbons (Fsp3) is 0.538. The second-order valence-corrected chi connectivity index (χ2v) is 5.33. The molecule has 0 saturated carbocycles. The molecule has 0 aromatic heterocycles. The number of hydrogen-bond acceptors (Lipinski definition) is 2. The summed E-state index contributed by atoms with van der Waals surface area (Å²) in [7, 11) is 2.00. The fourth-order valence-corrected chi connectivity index (χ4v) is 2.60. The molecule has 1 aromatic carbocycles. The molecule has 2 rings (SSSR count). The molecule has 88 valence electrons. The molecule has 0 spiro atoms. The summed E-state index contributed by atoms with van der Waals surface area (Å²) in [5, 5.41) is 3.37. The molecule has 0 amide bonds. The topological polar surface area (TPSA) is 21.3 Å². The van der Waals surface area contributed by atoms with E-state index < -0.39 is 0 Å². The highest BCUT2D eigenvalue weighted by atomic mass is 79.9. The molecule has 0 aliphatic carbocycles. The first-order valence-corrected chi connectivity index (χ1v) is 6.56. The molecular formula is C13H18BrNO. The predicted octanol–water partition coefficient (Wildman–Crippen LogP) is 3.13. The second kappa shape index (κ2) is 5.30. The Labute approximate surface area is 106 Å². The fourth-order valence-electron chi connectivity index (χ4n) is 2.33. The highest BCUT2D eigenvalue weighted by molar-refractivity contribution is 9.10. The van der Waals surface area contributed by atoms with Gasteiger partial charge in [-0.05, 0) is 37.1 Å². The first kappa shape index (κ1) is 12.1. The maximum Gasteiger partial charge on any atom is 0.0795 e. The van der Waals surface area contributed by atoms with E-state index in [0.717, 1.165) is 11.1 Å². The standard InChI is InChI=1S/C13H18BrNO/c1-9-7-8-16-13(9)12(15-2)10-3-5-11(14)6-4-10/h3-6,9,12-13,15H,7-8H2,1-2H3. The maximum atomic E-state index is 5.83. The molecule has 2 nitrogen and oxygen atoms in total. The van der Waals surface area contributed by atoms with E-state index >= 15 is 0 Å². The monoisotopic (exact) mass is 283 g/mol. The third-order valence-electron chi connectivity index (χ3n) is 3.31. The van der Waals surface area contributed by atoms with Crippen molar-refractivity contribution in [2.45, 2.75) is 25.5 Å². The highest BCUT2D eigenvalue weighted by Crippen LogP contribution is 2.31. The molecule has 1 aliphatic heterocycles. The smallest absolute Gasteiger partial charge is 0.0795 e. The molecule has 1 aromatic rings. The maximum absolute atomic E-state index is 5.83. The van der Waals surface area contributed by atoms with Crippen LogP contribution >= 0.6 is 15.9 Å². The number of likely N-dealkylation sites (N-methyl/N-ethyl adjacent to an activating group) is 1. The van der Waals surface area contributed by atoms with Crippen LogP contribution in [0.2, 0.25) is 0 Å². The van der Waals surface area contributed by atoms with Crippen molar-refractivity contribution in [3.05, 3.63) is 34.3 Å². The number of hydrogen-bond donors (Lipinski definition) is 1. The van der Waals surface area contributed by atoms with Gasteiger partial charge in [-0.15, -0.1) is 0 Å². The van der Waals surface area contributed by atoms with Gasteiger partial charge >= 0.3 is 0 Å². The van der Waals surface area contributed by atoms with Crippen molar-refractivity contribution >= 4 is 15.9 Å². The Morgan fingerprint density at radius 2 is 2.06 bits per heavy atom. The van der Waals surface area contributed by atoms with E-state index in [1.54, 1.807) is 0 Å². The van der Waals surface area contributed by atoms with Gasteiger partial charge in [0, 0.05) is 11.1 Å². The van der Waals surface area contributed by atoms with E-state index in [0.29, 0.717) is 18.1 Å². The van der Waals surface area contributed by atoms with E-state index in [2.05, 4.69) is 52.4 Å². The van der Waals surface area contributed by atoms with Gasteiger partial charge in [0.15, 0.2) is 0 Å². The summed E-state index contributed by atoms with van der Waals surface area (Å²) >= 11 is 3.46. The van der Waals surface area contributed by atoms with Gasteiger partial charge in [0.1, 0.15) is 0 Å². The van der Waals surface area contributed by atoms with Crippen LogP contribution < -0.4 is 5.32 Å². The summed E-state index contributed by atoms with van der Waals surface area (Å²) in [6.07, 6.45) is 1.46. The van der Waals surface area contributed by atoms with Gasteiger partial charge in [-0.25, -0.2) is 0 Å². The largest absolute Gasteiger partial charge is 0.376 e. The van der Waals surface area contributed by atoms with E-state index in [9.17, 15) is 0 Å².